The molecule has 0 aromatic heterocycles. The number of carbonyl (C=O) groups excluding carboxylic acids is 2. The van der Waals surface area contributed by atoms with Gasteiger partial charge in [-0.25, -0.2) is 44.7 Å². The Bertz CT molecular complexity index is 1700. The van der Waals surface area contributed by atoms with Gasteiger partial charge < -0.3 is 9.47 Å². The molecule has 0 fully saturated rings. The van der Waals surface area contributed by atoms with Crippen molar-refractivity contribution in [2.75, 3.05) is 0 Å². The van der Waals surface area contributed by atoms with Crippen molar-refractivity contribution in [1.29, 1.82) is 0 Å². The van der Waals surface area contributed by atoms with Crippen molar-refractivity contribution in [2.45, 2.75) is 0 Å². The van der Waals surface area contributed by atoms with E-state index in [1.807, 2.05) is 0 Å². The molecule has 5 aromatic carbocycles. The summed E-state index contributed by atoms with van der Waals surface area (Å²) < 4.78 is 120. The number of halogens is 8. The summed E-state index contributed by atoms with van der Waals surface area (Å²) in [4.78, 5) is 24.7. The van der Waals surface area contributed by atoms with E-state index in [-0.39, 0.29) is 23.6 Å². The average molecular weight is 562 g/mol. The number of ether oxygens (including phenoxy) is 2. The maximum Gasteiger partial charge on any atom is 0.349 e. The summed E-state index contributed by atoms with van der Waals surface area (Å²) in [5.41, 5.74) is -3.17. The maximum atomic E-state index is 14.0. The summed E-state index contributed by atoms with van der Waals surface area (Å²) in [6.07, 6.45) is 0. The Labute approximate surface area is 218 Å². The fourth-order valence-corrected chi connectivity index (χ4v) is 3.96. The zero-order valence-corrected chi connectivity index (χ0v) is 19.4. The van der Waals surface area contributed by atoms with Gasteiger partial charge >= 0.3 is 11.9 Å². The minimum Gasteiger partial charge on any atom is -0.423 e. The van der Waals surface area contributed by atoms with Gasteiger partial charge in [0.15, 0.2) is 46.5 Å². The second-order valence-electron chi connectivity index (χ2n) is 8.30. The van der Waals surface area contributed by atoms with Gasteiger partial charge in [0, 0.05) is 12.1 Å². The lowest BCUT2D eigenvalue weighted by Crippen LogP contribution is -2.16. The van der Waals surface area contributed by atoms with Crippen LogP contribution in [0.5, 0.6) is 11.5 Å². The molecule has 0 N–H and O–H groups in total. The first-order valence-corrected chi connectivity index (χ1v) is 11.0. The summed E-state index contributed by atoms with van der Waals surface area (Å²) in [6, 6.07) is 10.9. The van der Waals surface area contributed by atoms with E-state index < -0.39 is 69.6 Å². The minimum atomic E-state index is -1.95. The normalized spacial score (nSPS) is 11.2. The van der Waals surface area contributed by atoms with Crippen LogP contribution in [0.2, 0.25) is 0 Å². The second kappa shape index (κ2) is 9.95. The van der Waals surface area contributed by atoms with Crippen molar-refractivity contribution < 1.29 is 54.2 Å². The van der Waals surface area contributed by atoms with Gasteiger partial charge in [-0.1, -0.05) is 24.3 Å². The van der Waals surface area contributed by atoms with Crippen LogP contribution in [-0.4, -0.2) is 11.9 Å². The van der Waals surface area contributed by atoms with Gasteiger partial charge in [-0.15, -0.1) is 0 Å². The number of hydrogen-bond acceptors (Lipinski definition) is 4. The van der Waals surface area contributed by atoms with Gasteiger partial charge in [0.2, 0.25) is 0 Å². The van der Waals surface area contributed by atoms with Crippen molar-refractivity contribution in [3.8, 4) is 11.5 Å². The number of hydrogen-bond donors (Lipinski definition) is 0. The van der Waals surface area contributed by atoms with E-state index in [1.165, 1.54) is 36.4 Å². The van der Waals surface area contributed by atoms with Crippen LogP contribution < -0.4 is 9.47 Å². The van der Waals surface area contributed by atoms with Crippen LogP contribution in [0.25, 0.3) is 21.5 Å². The lowest BCUT2D eigenvalue weighted by molar-refractivity contribution is 0.0711. The van der Waals surface area contributed by atoms with E-state index in [0.717, 1.165) is 0 Å². The first-order valence-electron chi connectivity index (χ1n) is 11.0. The van der Waals surface area contributed by atoms with Crippen LogP contribution in [0.4, 0.5) is 35.1 Å². The number of rotatable bonds is 4. The largest absolute Gasteiger partial charge is 0.423 e. The predicted molar refractivity (Wildman–Crippen MR) is 124 cm³/mol. The first kappa shape index (κ1) is 26.6. The zero-order valence-electron chi connectivity index (χ0n) is 19.4. The summed E-state index contributed by atoms with van der Waals surface area (Å²) >= 11 is 0. The van der Waals surface area contributed by atoms with Crippen molar-refractivity contribution in [3.05, 3.63) is 118 Å². The zero-order chi connectivity index (χ0) is 28.9. The highest BCUT2D eigenvalue weighted by atomic mass is 19.2. The van der Waals surface area contributed by atoms with Gasteiger partial charge in [-0.3, -0.25) is 0 Å². The van der Waals surface area contributed by atoms with E-state index >= 15 is 0 Å². The summed E-state index contributed by atoms with van der Waals surface area (Å²) in [7, 11) is 0. The molecular formula is C28H10F8O4. The Kier molecular flexibility index (Phi) is 6.62. The molecule has 0 saturated heterocycles. The van der Waals surface area contributed by atoms with E-state index in [2.05, 4.69) is 0 Å². The fraction of sp³-hybridized carbons (Fsp3) is 0. The molecule has 202 valence electrons. The van der Waals surface area contributed by atoms with Crippen molar-refractivity contribution in [2.24, 2.45) is 0 Å². The fourth-order valence-electron chi connectivity index (χ4n) is 3.96. The molecule has 5 rings (SSSR count). The molecule has 40 heavy (non-hydrogen) atoms. The lowest BCUT2D eigenvalue weighted by Gasteiger charge is -2.11. The van der Waals surface area contributed by atoms with Crippen LogP contribution >= 0.6 is 0 Å². The van der Waals surface area contributed by atoms with Crippen molar-refractivity contribution >= 4 is 33.5 Å². The average Bonchev–Trinajstić information content (AvgIpc) is 2.91. The summed E-state index contributed by atoms with van der Waals surface area (Å²) in [5, 5.41) is 1.63. The molecule has 4 nitrogen and oxygen atoms in total. The van der Waals surface area contributed by atoms with Crippen LogP contribution in [0.1, 0.15) is 20.7 Å². The van der Waals surface area contributed by atoms with Crippen LogP contribution in [0.3, 0.4) is 0 Å². The van der Waals surface area contributed by atoms with E-state index in [0.29, 0.717) is 21.5 Å². The highest BCUT2D eigenvalue weighted by molar-refractivity contribution is 6.09. The Hall–Kier alpha value is -5.00. The van der Waals surface area contributed by atoms with E-state index in [9.17, 15) is 44.7 Å². The topological polar surface area (TPSA) is 52.6 Å². The molecule has 12 heteroatoms. The van der Waals surface area contributed by atoms with Crippen LogP contribution in [0.15, 0.2) is 60.7 Å². The Morgan fingerprint density at radius 2 is 0.750 bits per heavy atom. The molecule has 0 aliphatic carbocycles. The smallest absolute Gasteiger partial charge is 0.349 e. The monoisotopic (exact) mass is 562 g/mol. The predicted octanol–water partition coefficient (Wildman–Crippen LogP) is 7.54. The molecule has 0 saturated carbocycles. The molecule has 0 bridgehead atoms. The highest BCUT2D eigenvalue weighted by Crippen LogP contribution is 2.32. The molecular weight excluding hydrogens is 552 g/mol. The molecule has 0 atom stereocenters. The minimum absolute atomic E-state index is 0.0679. The van der Waals surface area contributed by atoms with Crippen molar-refractivity contribution in [1.82, 2.24) is 0 Å². The maximum absolute atomic E-state index is 14.0. The molecule has 0 spiro atoms. The number of fused-ring (bicyclic) bond motifs is 3. The van der Waals surface area contributed by atoms with Gasteiger partial charge in [-0.05, 0) is 45.8 Å². The van der Waals surface area contributed by atoms with Gasteiger partial charge in [0.25, 0.3) is 0 Å². The third kappa shape index (κ3) is 4.57. The second-order valence-corrected chi connectivity index (χ2v) is 8.30. The van der Waals surface area contributed by atoms with Gasteiger partial charge in [0.05, 0.1) is 0 Å². The highest BCUT2D eigenvalue weighted by Gasteiger charge is 2.28. The third-order valence-corrected chi connectivity index (χ3v) is 5.84. The molecule has 0 aliphatic heterocycles. The standard InChI is InChI=1S/C28H10F8O4/c29-17-9-18(30)24(34)21(23(17)33)27(37)39-13-5-3-11-1-2-12-4-6-14(8-16(12)15(11)7-13)40-28(38)22-25(35)19(31)10-20(32)26(22)36/h1-10H. The molecule has 0 unspecified atom stereocenters. The van der Waals surface area contributed by atoms with E-state index in [1.54, 1.807) is 12.1 Å². The lowest BCUT2D eigenvalue weighted by atomic mass is 10.0. The Morgan fingerprint density at radius 1 is 0.450 bits per heavy atom. The summed E-state index contributed by atoms with van der Waals surface area (Å²) in [6.45, 7) is 0. The quantitative estimate of drug-likeness (QED) is 0.0747. The molecule has 5 aromatic rings. The Morgan fingerprint density at radius 3 is 1.07 bits per heavy atom. The number of benzene rings is 5. The molecule has 0 aliphatic rings. The third-order valence-electron chi connectivity index (χ3n) is 5.84. The first-order chi connectivity index (χ1) is 19.0. The van der Waals surface area contributed by atoms with Crippen molar-refractivity contribution in [3.63, 3.8) is 0 Å². The molecule has 0 amide bonds. The number of carbonyl (C=O) groups is 2. The number of esters is 2. The van der Waals surface area contributed by atoms with Crippen LogP contribution in [-0.2, 0) is 0 Å². The van der Waals surface area contributed by atoms with Gasteiger partial charge in [0.1, 0.15) is 22.6 Å². The Balaban J connectivity index is 1.52. The molecule has 0 radical (unpaired) electrons. The van der Waals surface area contributed by atoms with Gasteiger partial charge in [-0.2, -0.15) is 0 Å². The summed E-state index contributed by atoms with van der Waals surface area (Å²) in [5.74, 6) is -19.1. The molecule has 0 heterocycles. The van der Waals surface area contributed by atoms with Crippen LogP contribution in [0, 0.1) is 46.5 Å². The van der Waals surface area contributed by atoms with E-state index in [4.69, 9.17) is 9.47 Å². The SMILES string of the molecule is O=C(Oc1ccc2ccc3ccc(OC(=O)c4c(F)c(F)cc(F)c4F)cc3c2c1)c1c(F)c(F)cc(F)c1F.